The van der Waals surface area contributed by atoms with E-state index in [0.29, 0.717) is 26.2 Å². The molecule has 200 valence electrons. The standard InChI is InChI=1S/C32H39N3O2S/c1-4-26(25-12-6-5-7-13-25)32(37)34-18-10-17-33(20-21-34)31(36)24(3)35-19-15-29-28(16-22-38-29)30(35)27-14-9-8-11-23(27)2/h5-9,11-14,16,22,24,26,30H,4,10,15,17-21H2,1-3H3/t24-,26-,30+/m0/s1. The van der Waals surface area contributed by atoms with Crippen molar-refractivity contribution < 1.29 is 9.59 Å². The van der Waals surface area contributed by atoms with Crippen molar-refractivity contribution in [1.82, 2.24) is 14.7 Å². The molecule has 2 aromatic carbocycles. The molecular weight excluding hydrogens is 490 g/mol. The lowest BCUT2D eigenvalue weighted by Crippen LogP contribution is -2.51. The molecular formula is C32H39N3O2S. The predicted molar refractivity (Wildman–Crippen MR) is 154 cm³/mol. The molecule has 1 fully saturated rings. The monoisotopic (exact) mass is 529 g/mol. The van der Waals surface area contributed by atoms with Gasteiger partial charge in [-0.15, -0.1) is 11.3 Å². The Bertz CT molecular complexity index is 1260. The normalized spacial score (nSPS) is 19.9. The van der Waals surface area contributed by atoms with E-state index in [1.807, 2.05) is 51.5 Å². The Hall–Kier alpha value is -2.96. The number of thiophene rings is 1. The SMILES string of the molecule is CC[C@H](C(=O)N1CCCN(C(=O)[C@H](C)N2CCc3sccc3[C@H]2c2ccccc2C)CC1)c1ccccc1. The lowest BCUT2D eigenvalue weighted by atomic mass is 9.89. The fourth-order valence-electron chi connectivity index (χ4n) is 6.22. The van der Waals surface area contributed by atoms with Crippen LogP contribution in [0.4, 0.5) is 0 Å². The zero-order chi connectivity index (χ0) is 26.6. The van der Waals surface area contributed by atoms with E-state index < -0.39 is 0 Å². The summed E-state index contributed by atoms with van der Waals surface area (Å²) < 4.78 is 0. The van der Waals surface area contributed by atoms with Gasteiger partial charge in [0.1, 0.15) is 0 Å². The summed E-state index contributed by atoms with van der Waals surface area (Å²) in [5.41, 5.74) is 4.96. The summed E-state index contributed by atoms with van der Waals surface area (Å²) in [5.74, 6) is 0.230. The van der Waals surface area contributed by atoms with Crippen LogP contribution in [0.5, 0.6) is 0 Å². The van der Waals surface area contributed by atoms with E-state index in [4.69, 9.17) is 0 Å². The number of aryl methyl sites for hydroxylation is 1. The molecule has 2 aliphatic rings. The predicted octanol–water partition coefficient (Wildman–Crippen LogP) is 5.65. The quantitative estimate of drug-likeness (QED) is 0.415. The van der Waals surface area contributed by atoms with Gasteiger partial charge >= 0.3 is 0 Å². The molecule has 0 saturated carbocycles. The Balaban J connectivity index is 1.31. The van der Waals surface area contributed by atoms with Crippen molar-refractivity contribution in [3.8, 4) is 0 Å². The van der Waals surface area contributed by atoms with E-state index in [0.717, 1.165) is 31.4 Å². The summed E-state index contributed by atoms with van der Waals surface area (Å²) in [5, 5.41) is 2.19. The van der Waals surface area contributed by atoms with Crippen LogP contribution in [-0.4, -0.2) is 65.3 Å². The molecule has 5 nitrogen and oxygen atoms in total. The largest absolute Gasteiger partial charge is 0.340 e. The molecule has 0 radical (unpaired) electrons. The smallest absolute Gasteiger partial charge is 0.239 e. The number of hydrogen-bond acceptors (Lipinski definition) is 4. The molecule has 0 bridgehead atoms. The molecule has 0 spiro atoms. The number of fused-ring (bicyclic) bond motifs is 1. The van der Waals surface area contributed by atoms with Crippen LogP contribution >= 0.6 is 11.3 Å². The zero-order valence-electron chi connectivity index (χ0n) is 22.8. The summed E-state index contributed by atoms with van der Waals surface area (Å²) in [4.78, 5) is 35.2. The topological polar surface area (TPSA) is 43.9 Å². The third-order valence-corrected chi connectivity index (χ3v) is 9.37. The minimum absolute atomic E-state index is 0.0892. The van der Waals surface area contributed by atoms with Crippen molar-refractivity contribution in [1.29, 1.82) is 0 Å². The Morgan fingerprint density at radius 1 is 0.868 bits per heavy atom. The van der Waals surface area contributed by atoms with E-state index >= 15 is 0 Å². The van der Waals surface area contributed by atoms with Gasteiger partial charge in [0.2, 0.25) is 11.8 Å². The van der Waals surface area contributed by atoms with Crippen molar-refractivity contribution in [2.24, 2.45) is 0 Å². The van der Waals surface area contributed by atoms with Crippen LogP contribution in [0.25, 0.3) is 0 Å². The maximum atomic E-state index is 13.9. The lowest BCUT2D eigenvalue weighted by molar-refractivity contribution is -0.138. The Morgan fingerprint density at radius 3 is 2.26 bits per heavy atom. The molecule has 3 atom stereocenters. The molecule has 3 heterocycles. The van der Waals surface area contributed by atoms with Gasteiger partial charge in [-0.3, -0.25) is 14.5 Å². The molecule has 38 heavy (non-hydrogen) atoms. The van der Waals surface area contributed by atoms with Gasteiger partial charge in [0, 0.05) is 37.6 Å². The Labute approximate surface area is 231 Å². The molecule has 5 rings (SSSR count). The Morgan fingerprint density at radius 2 is 1.55 bits per heavy atom. The summed E-state index contributed by atoms with van der Waals surface area (Å²) in [7, 11) is 0. The van der Waals surface area contributed by atoms with Gasteiger partial charge in [-0.2, -0.15) is 0 Å². The summed E-state index contributed by atoms with van der Waals surface area (Å²) >= 11 is 1.83. The minimum atomic E-state index is -0.234. The number of amides is 2. The molecule has 3 aromatic rings. The number of rotatable bonds is 6. The van der Waals surface area contributed by atoms with Gasteiger partial charge in [0.15, 0.2) is 0 Å². The van der Waals surface area contributed by atoms with Crippen LogP contribution < -0.4 is 0 Å². The third kappa shape index (κ3) is 5.29. The van der Waals surface area contributed by atoms with Crippen molar-refractivity contribution in [2.45, 2.75) is 58.0 Å². The highest BCUT2D eigenvalue weighted by atomic mass is 32.1. The van der Waals surface area contributed by atoms with E-state index in [2.05, 4.69) is 61.4 Å². The second kappa shape index (κ2) is 11.8. The second-order valence-electron chi connectivity index (χ2n) is 10.6. The van der Waals surface area contributed by atoms with Gasteiger partial charge in [0.05, 0.1) is 18.0 Å². The first-order chi connectivity index (χ1) is 18.5. The summed E-state index contributed by atoms with van der Waals surface area (Å²) in [6.07, 6.45) is 2.57. The molecule has 1 aromatic heterocycles. The van der Waals surface area contributed by atoms with E-state index in [1.165, 1.54) is 21.6 Å². The van der Waals surface area contributed by atoms with E-state index in [1.54, 1.807) is 0 Å². The van der Waals surface area contributed by atoms with Crippen molar-refractivity contribution in [3.05, 3.63) is 93.2 Å². The molecule has 2 aliphatic heterocycles. The number of hydrogen-bond donors (Lipinski definition) is 0. The first-order valence-electron chi connectivity index (χ1n) is 14.0. The molecule has 0 N–H and O–H groups in total. The van der Waals surface area contributed by atoms with Crippen molar-refractivity contribution in [3.63, 3.8) is 0 Å². The average molecular weight is 530 g/mol. The fraction of sp³-hybridized carbons (Fsp3) is 0.438. The number of carbonyl (C=O) groups excluding carboxylic acids is 2. The van der Waals surface area contributed by atoms with Crippen LogP contribution in [0, 0.1) is 6.92 Å². The first kappa shape index (κ1) is 26.6. The van der Waals surface area contributed by atoms with Gasteiger partial charge < -0.3 is 9.80 Å². The van der Waals surface area contributed by atoms with Crippen molar-refractivity contribution in [2.75, 3.05) is 32.7 Å². The zero-order valence-corrected chi connectivity index (χ0v) is 23.6. The number of carbonyl (C=O) groups is 2. The number of benzene rings is 2. The van der Waals surface area contributed by atoms with Crippen LogP contribution in [0.1, 0.15) is 65.8 Å². The lowest BCUT2D eigenvalue weighted by Gasteiger charge is -2.41. The van der Waals surface area contributed by atoms with Gasteiger partial charge in [-0.05, 0) is 66.8 Å². The highest BCUT2D eigenvalue weighted by Crippen LogP contribution is 2.40. The van der Waals surface area contributed by atoms with Gasteiger partial charge in [-0.25, -0.2) is 0 Å². The molecule has 1 saturated heterocycles. The summed E-state index contributed by atoms with van der Waals surface area (Å²) in [6.45, 7) is 9.76. The van der Waals surface area contributed by atoms with Crippen LogP contribution in [0.3, 0.4) is 0 Å². The molecule has 0 aliphatic carbocycles. The van der Waals surface area contributed by atoms with Gasteiger partial charge in [0.25, 0.3) is 0 Å². The average Bonchev–Trinajstić information content (AvgIpc) is 3.29. The fourth-order valence-corrected chi connectivity index (χ4v) is 7.12. The first-order valence-corrected chi connectivity index (χ1v) is 14.9. The second-order valence-corrected chi connectivity index (χ2v) is 11.6. The molecule has 6 heteroatoms. The van der Waals surface area contributed by atoms with Gasteiger partial charge in [-0.1, -0.05) is 61.5 Å². The minimum Gasteiger partial charge on any atom is -0.340 e. The molecule has 2 amide bonds. The van der Waals surface area contributed by atoms with E-state index in [9.17, 15) is 9.59 Å². The highest BCUT2D eigenvalue weighted by Gasteiger charge is 2.37. The maximum absolute atomic E-state index is 13.9. The van der Waals surface area contributed by atoms with Crippen LogP contribution in [0.15, 0.2) is 66.0 Å². The van der Waals surface area contributed by atoms with Crippen molar-refractivity contribution >= 4 is 23.2 Å². The summed E-state index contributed by atoms with van der Waals surface area (Å²) in [6, 6.07) is 20.7. The van der Waals surface area contributed by atoms with Crippen LogP contribution in [0.2, 0.25) is 0 Å². The van der Waals surface area contributed by atoms with E-state index in [-0.39, 0.29) is 29.8 Å². The van der Waals surface area contributed by atoms with Crippen LogP contribution in [-0.2, 0) is 16.0 Å². The Kier molecular flexibility index (Phi) is 8.29. The number of nitrogens with zero attached hydrogens (tertiary/aromatic N) is 3. The maximum Gasteiger partial charge on any atom is 0.239 e. The highest BCUT2D eigenvalue weighted by molar-refractivity contribution is 7.10. The third-order valence-electron chi connectivity index (χ3n) is 8.37. The molecule has 0 unspecified atom stereocenters.